The molecule has 1 saturated heterocycles. The van der Waals surface area contributed by atoms with Crippen LogP contribution in [-0.2, 0) is 14.6 Å². The van der Waals surface area contributed by atoms with Gasteiger partial charge in [0.2, 0.25) is 0 Å². The minimum atomic E-state index is -2.98. The summed E-state index contributed by atoms with van der Waals surface area (Å²) in [4.78, 5) is 6.96. The molecule has 2 N–H and O–H groups in total. The first-order valence-corrected chi connectivity index (χ1v) is 12.1. The molecule has 1 heterocycles. The molecule has 0 saturated carbocycles. The number of rotatable bonds is 10. The summed E-state index contributed by atoms with van der Waals surface area (Å²) < 4.78 is 27.5. The number of nitrogens with one attached hydrogen (secondary N) is 2. The van der Waals surface area contributed by atoms with E-state index in [1.165, 1.54) is 30.3 Å². The number of benzene rings is 1. The molecule has 8 heteroatoms. The van der Waals surface area contributed by atoms with Gasteiger partial charge in [0.1, 0.15) is 9.84 Å². The molecule has 1 unspecified atom stereocenters. The van der Waals surface area contributed by atoms with Gasteiger partial charge in [-0.25, -0.2) is 8.42 Å². The second kappa shape index (κ2) is 11.3. The summed E-state index contributed by atoms with van der Waals surface area (Å²) in [7, 11) is -2.98. The molecule has 0 aliphatic carbocycles. The van der Waals surface area contributed by atoms with Gasteiger partial charge in [-0.15, -0.1) is 0 Å². The van der Waals surface area contributed by atoms with Crippen molar-refractivity contribution in [3.05, 3.63) is 29.8 Å². The molecular weight excluding hydrogens is 376 g/mol. The Kier molecular flexibility index (Phi) is 9.05. The summed E-state index contributed by atoms with van der Waals surface area (Å²) in [5, 5.41) is 6.68. The molecule has 0 bridgehead atoms. The van der Waals surface area contributed by atoms with Crippen molar-refractivity contribution in [3.8, 4) is 0 Å². The quantitative estimate of drug-likeness (QED) is 0.349. The van der Waals surface area contributed by atoms with Gasteiger partial charge >= 0.3 is 0 Å². The fourth-order valence-corrected chi connectivity index (χ4v) is 3.53. The molecule has 0 aromatic heterocycles. The highest BCUT2D eigenvalue weighted by atomic mass is 32.2. The monoisotopic (exact) mass is 410 g/mol. The molecule has 158 valence electrons. The molecule has 7 nitrogen and oxygen atoms in total. The second-order valence-corrected chi connectivity index (χ2v) is 9.42. The van der Waals surface area contributed by atoms with E-state index in [1.807, 2.05) is 6.92 Å². The molecular formula is C20H34N4O3S. The van der Waals surface area contributed by atoms with Crippen LogP contribution in [0.1, 0.15) is 38.3 Å². The van der Waals surface area contributed by atoms with E-state index < -0.39 is 9.84 Å². The van der Waals surface area contributed by atoms with Crippen molar-refractivity contribution in [1.82, 2.24) is 10.6 Å². The maximum atomic E-state index is 11.1. The van der Waals surface area contributed by atoms with Crippen LogP contribution in [0.25, 0.3) is 0 Å². The van der Waals surface area contributed by atoms with E-state index in [-0.39, 0.29) is 18.4 Å². The molecule has 2 rings (SSSR count). The van der Waals surface area contributed by atoms with Crippen LogP contribution >= 0.6 is 0 Å². The van der Waals surface area contributed by atoms with Crippen LogP contribution in [0.5, 0.6) is 0 Å². The lowest BCUT2D eigenvalue weighted by Gasteiger charge is -2.22. The largest absolute Gasteiger partial charge is 0.378 e. The predicted molar refractivity (Wildman–Crippen MR) is 116 cm³/mol. The minimum Gasteiger partial charge on any atom is -0.378 e. The molecule has 0 spiro atoms. The molecule has 1 aliphatic rings. The number of nitrogens with zero attached hydrogens (tertiary/aromatic N) is 2. The third-order valence-corrected chi connectivity index (χ3v) is 5.55. The fourth-order valence-electron chi connectivity index (χ4n) is 3.11. The average molecular weight is 411 g/mol. The van der Waals surface area contributed by atoms with Gasteiger partial charge in [0.05, 0.1) is 31.6 Å². The number of guanidine groups is 1. The summed E-state index contributed by atoms with van der Waals surface area (Å²) in [6.45, 7) is 8.25. The molecule has 28 heavy (non-hydrogen) atoms. The zero-order valence-electron chi connectivity index (χ0n) is 17.3. The molecule has 1 aromatic rings. The lowest BCUT2D eigenvalue weighted by Crippen LogP contribution is -2.39. The molecule has 1 atom stereocenters. The van der Waals surface area contributed by atoms with E-state index in [9.17, 15) is 8.42 Å². The van der Waals surface area contributed by atoms with Crippen LogP contribution in [0.2, 0.25) is 0 Å². The molecule has 1 aliphatic heterocycles. The summed E-state index contributed by atoms with van der Waals surface area (Å²) >= 11 is 0. The van der Waals surface area contributed by atoms with Gasteiger partial charge in [-0.05, 0) is 44.4 Å². The standard InChI is InChI=1S/C20H34N4O3S/c1-4-21-20(22-10-13-27-14-15-28(3,25)26)23-17(2)18-8-7-9-19(16-18)24-11-5-6-12-24/h7-9,16-17H,4-6,10-15H2,1-3H3,(H2,21,22,23). The maximum absolute atomic E-state index is 11.1. The summed E-state index contributed by atoms with van der Waals surface area (Å²) in [5.41, 5.74) is 2.50. The van der Waals surface area contributed by atoms with Gasteiger partial charge in [-0.2, -0.15) is 0 Å². The van der Waals surface area contributed by atoms with E-state index in [0.29, 0.717) is 13.2 Å². The highest BCUT2D eigenvalue weighted by molar-refractivity contribution is 7.90. The predicted octanol–water partition coefficient (Wildman–Crippen LogP) is 1.96. The SMILES string of the molecule is CCNC(=NCCOCCS(C)(=O)=O)NC(C)c1cccc(N2CCCC2)c1. The highest BCUT2D eigenvalue weighted by Gasteiger charge is 2.14. The first-order chi connectivity index (χ1) is 13.4. The van der Waals surface area contributed by atoms with Gasteiger partial charge in [-0.3, -0.25) is 4.99 Å². The van der Waals surface area contributed by atoms with Gasteiger partial charge in [0, 0.05) is 31.6 Å². The average Bonchev–Trinajstić information content (AvgIpc) is 3.18. The number of ether oxygens (including phenoxy) is 1. The zero-order valence-corrected chi connectivity index (χ0v) is 18.1. The molecule has 1 fully saturated rings. The Balaban J connectivity index is 1.87. The third kappa shape index (κ3) is 8.06. The number of aliphatic imine (C=N–C) groups is 1. The molecule has 0 amide bonds. The van der Waals surface area contributed by atoms with Crippen molar-refractivity contribution in [2.24, 2.45) is 4.99 Å². The lowest BCUT2D eigenvalue weighted by molar-refractivity contribution is 0.157. The van der Waals surface area contributed by atoms with Gasteiger partial charge < -0.3 is 20.3 Å². The minimum absolute atomic E-state index is 0.0411. The van der Waals surface area contributed by atoms with Crippen molar-refractivity contribution in [2.45, 2.75) is 32.7 Å². The van der Waals surface area contributed by atoms with Crippen LogP contribution in [0, 0.1) is 0 Å². The van der Waals surface area contributed by atoms with E-state index >= 15 is 0 Å². The summed E-state index contributed by atoms with van der Waals surface area (Å²) in [5.74, 6) is 0.771. The Hall–Kier alpha value is -1.80. The first-order valence-electron chi connectivity index (χ1n) is 10.0. The Morgan fingerprint density at radius 2 is 2.04 bits per heavy atom. The second-order valence-electron chi connectivity index (χ2n) is 7.16. The smallest absolute Gasteiger partial charge is 0.191 e. The van der Waals surface area contributed by atoms with Crippen molar-refractivity contribution in [3.63, 3.8) is 0 Å². The van der Waals surface area contributed by atoms with Crippen LogP contribution in [0.15, 0.2) is 29.3 Å². The molecule has 1 aromatic carbocycles. The van der Waals surface area contributed by atoms with E-state index in [4.69, 9.17) is 4.74 Å². The Bertz CT molecular complexity index is 731. The van der Waals surface area contributed by atoms with Gasteiger partial charge in [-0.1, -0.05) is 12.1 Å². The number of sulfone groups is 1. The Labute approximate surface area is 169 Å². The normalized spacial score (nSPS) is 16.2. The van der Waals surface area contributed by atoms with Crippen LogP contribution in [-0.4, -0.2) is 65.8 Å². The lowest BCUT2D eigenvalue weighted by atomic mass is 10.1. The van der Waals surface area contributed by atoms with Crippen LogP contribution in [0.3, 0.4) is 0 Å². The number of anilines is 1. The van der Waals surface area contributed by atoms with Gasteiger partial charge in [0.15, 0.2) is 5.96 Å². The van der Waals surface area contributed by atoms with E-state index in [2.05, 4.69) is 51.7 Å². The van der Waals surface area contributed by atoms with Crippen LogP contribution in [0.4, 0.5) is 5.69 Å². The first kappa shape index (κ1) is 22.5. The third-order valence-electron chi connectivity index (χ3n) is 4.64. The van der Waals surface area contributed by atoms with Crippen molar-refractivity contribution < 1.29 is 13.2 Å². The number of hydrogen-bond donors (Lipinski definition) is 2. The van der Waals surface area contributed by atoms with E-state index in [0.717, 1.165) is 25.6 Å². The molecule has 0 radical (unpaired) electrons. The summed E-state index contributed by atoms with van der Waals surface area (Å²) in [6, 6.07) is 8.79. The Morgan fingerprint density at radius 3 is 2.71 bits per heavy atom. The van der Waals surface area contributed by atoms with E-state index in [1.54, 1.807) is 0 Å². The topological polar surface area (TPSA) is 83.0 Å². The van der Waals surface area contributed by atoms with Crippen molar-refractivity contribution in [2.75, 3.05) is 56.3 Å². The number of hydrogen-bond acceptors (Lipinski definition) is 5. The van der Waals surface area contributed by atoms with Crippen LogP contribution < -0.4 is 15.5 Å². The zero-order chi connectivity index (χ0) is 20.4. The van der Waals surface area contributed by atoms with Crippen molar-refractivity contribution in [1.29, 1.82) is 0 Å². The Morgan fingerprint density at radius 1 is 1.29 bits per heavy atom. The fraction of sp³-hybridized carbons (Fsp3) is 0.650. The van der Waals surface area contributed by atoms with Gasteiger partial charge in [0.25, 0.3) is 0 Å². The summed E-state index contributed by atoms with van der Waals surface area (Å²) in [6.07, 6.45) is 3.74. The maximum Gasteiger partial charge on any atom is 0.191 e. The highest BCUT2D eigenvalue weighted by Crippen LogP contribution is 2.23. The van der Waals surface area contributed by atoms with Crippen molar-refractivity contribution >= 4 is 21.5 Å².